The van der Waals surface area contributed by atoms with Gasteiger partial charge in [-0.25, -0.2) is 4.79 Å². The van der Waals surface area contributed by atoms with E-state index < -0.39 is 6.10 Å². The average Bonchev–Trinajstić information content (AvgIpc) is 2.50. The van der Waals surface area contributed by atoms with Crippen LogP contribution in [0.25, 0.3) is 0 Å². The van der Waals surface area contributed by atoms with Gasteiger partial charge in [0, 0.05) is 13.5 Å². The lowest BCUT2D eigenvalue weighted by molar-refractivity contribution is -0.166. The summed E-state index contributed by atoms with van der Waals surface area (Å²) in [6.07, 6.45) is 0.783. The van der Waals surface area contributed by atoms with Crippen molar-refractivity contribution >= 4 is 5.97 Å². The van der Waals surface area contributed by atoms with Gasteiger partial charge in [0.25, 0.3) is 0 Å². The second-order valence-electron chi connectivity index (χ2n) is 2.39. The molecular formula is C7H12O4. The number of carbonyl (C=O) groups is 1. The quantitative estimate of drug-likeness (QED) is 0.545. The van der Waals surface area contributed by atoms with Gasteiger partial charge in [-0.15, -0.1) is 0 Å². The predicted molar refractivity (Wildman–Crippen MR) is 36.9 cm³/mol. The van der Waals surface area contributed by atoms with Crippen molar-refractivity contribution in [3.05, 3.63) is 0 Å². The number of rotatable bonds is 2. The smallest absolute Gasteiger partial charge is 0.335 e. The van der Waals surface area contributed by atoms with Gasteiger partial charge in [-0.1, -0.05) is 0 Å². The zero-order valence-corrected chi connectivity index (χ0v) is 6.70. The van der Waals surface area contributed by atoms with Gasteiger partial charge in [0.15, 0.2) is 12.4 Å². The van der Waals surface area contributed by atoms with Gasteiger partial charge in [0.2, 0.25) is 0 Å². The molecule has 0 radical (unpaired) electrons. The van der Waals surface area contributed by atoms with Gasteiger partial charge < -0.3 is 14.2 Å². The van der Waals surface area contributed by atoms with E-state index in [4.69, 9.17) is 9.47 Å². The lowest BCUT2D eigenvalue weighted by Crippen LogP contribution is -2.22. The van der Waals surface area contributed by atoms with Crippen molar-refractivity contribution < 1.29 is 19.0 Å². The molecule has 0 saturated carbocycles. The SMILES string of the molecule is COC(=O)[C@@H]1CC[C@@H](OC)O1. The molecule has 0 bridgehead atoms. The maximum Gasteiger partial charge on any atom is 0.335 e. The molecule has 0 N–H and O–H groups in total. The fraction of sp³-hybridized carbons (Fsp3) is 0.857. The molecule has 4 nitrogen and oxygen atoms in total. The summed E-state index contributed by atoms with van der Waals surface area (Å²) in [5.74, 6) is -0.315. The Morgan fingerprint density at radius 3 is 2.64 bits per heavy atom. The maximum atomic E-state index is 10.9. The van der Waals surface area contributed by atoms with Crippen molar-refractivity contribution in [2.75, 3.05) is 14.2 Å². The molecule has 1 saturated heterocycles. The minimum atomic E-state index is -0.426. The third-order valence-corrected chi connectivity index (χ3v) is 1.71. The first-order chi connectivity index (χ1) is 5.27. The number of esters is 1. The first kappa shape index (κ1) is 8.49. The van der Waals surface area contributed by atoms with E-state index in [1.165, 1.54) is 7.11 Å². The Morgan fingerprint density at radius 1 is 1.45 bits per heavy atom. The third-order valence-electron chi connectivity index (χ3n) is 1.71. The fourth-order valence-corrected chi connectivity index (χ4v) is 1.09. The molecule has 2 atom stereocenters. The summed E-state index contributed by atoms with van der Waals surface area (Å²) in [6, 6.07) is 0. The van der Waals surface area contributed by atoms with E-state index in [0.29, 0.717) is 6.42 Å². The summed E-state index contributed by atoms with van der Waals surface area (Å²) in [5.41, 5.74) is 0. The van der Waals surface area contributed by atoms with E-state index in [1.54, 1.807) is 7.11 Å². The number of ether oxygens (including phenoxy) is 3. The Kier molecular flexibility index (Phi) is 2.84. The van der Waals surface area contributed by atoms with Gasteiger partial charge in [0.05, 0.1) is 7.11 Å². The molecule has 0 aliphatic carbocycles. The molecule has 1 aliphatic rings. The molecule has 64 valence electrons. The van der Waals surface area contributed by atoms with Crippen LogP contribution in [-0.4, -0.2) is 32.6 Å². The average molecular weight is 160 g/mol. The highest BCUT2D eigenvalue weighted by molar-refractivity contribution is 5.74. The Bertz CT molecular complexity index is 145. The monoisotopic (exact) mass is 160 g/mol. The Balaban J connectivity index is 2.35. The van der Waals surface area contributed by atoms with E-state index in [-0.39, 0.29) is 12.3 Å². The molecule has 0 aromatic heterocycles. The standard InChI is InChI=1S/C7H12O4/c1-9-6-4-3-5(11-6)7(8)10-2/h5-6H,3-4H2,1-2H3/t5-,6-/m0/s1. The number of hydrogen-bond donors (Lipinski definition) is 0. The summed E-state index contributed by atoms with van der Waals surface area (Å²) in [6.45, 7) is 0. The van der Waals surface area contributed by atoms with E-state index >= 15 is 0 Å². The van der Waals surface area contributed by atoms with Crippen LogP contribution in [0.15, 0.2) is 0 Å². The van der Waals surface area contributed by atoms with Crippen molar-refractivity contribution in [3.8, 4) is 0 Å². The second-order valence-corrected chi connectivity index (χ2v) is 2.39. The highest BCUT2D eigenvalue weighted by atomic mass is 16.7. The van der Waals surface area contributed by atoms with Gasteiger partial charge in [-0.05, 0) is 6.42 Å². The molecule has 0 amide bonds. The molecule has 0 aromatic carbocycles. The van der Waals surface area contributed by atoms with Crippen molar-refractivity contribution in [2.24, 2.45) is 0 Å². The largest absolute Gasteiger partial charge is 0.467 e. The number of hydrogen-bond acceptors (Lipinski definition) is 4. The first-order valence-corrected chi connectivity index (χ1v) is 3.54. The van der Waals surface area contributed by atoms with Gasteiger partial charge >= 0.3 is 5.97 Å². The lowest BCUT2D eigenvalue weighted by atomic mass is 10.2. The first-order valence-electron chi connectivity index (χ1n) is 3.54. The highest BCUT2D eigenvalue weighted by Crippen LogP contribution is 2.20. The summed E-state index contributed by atoms with van der Waals surface area (Å²) >= 11 is 0. The summed E-state index contributed by atoms with van der Waals surface area (Å²) in [5, 5.41) is 0. The van der Waals surface area contributed by atoms with Crippen LogP contribution in [0, 0.1) is 0 Å². The minimum absolute atomic E-state index is 0.237. The van der Waals surface area contributed by atoms with Crippen LogP contribution < -0.4 is 0 Å². The predicted octanol–water partition coefficient (Wildman–Crippen LogP) is 0.311. The normalized spacial score (nSPS) is 30.4. The molecule has 1 rings (SSSR count). The summed E-state index contributed by atoms with van der Waals surface area (Å²) in [7, 11) is 2.91. The maximum absolute atomic E-state index is 10.9. The second kappa shape index (κ2) is 3.69. The van der Waals surface area contributed by atoms with Gasteiger partial charge in [0.1, 0.15) is 0 Å². The minimum Gasteiger partial charge on any atom is -0.467 e. The van der Waals surface area contributed by atoms with Crippen molar-refractivity contribution in [3.63, 3.8) is 0 Å². The van der Waals surface area contributed by atoms with Crippen molar-refractivity contribution in [1.29, 1.82) is 0 Å². The van der Waals surface area contributed by atoms with Crippen LogP contribution in [0.5, 0.6) is 0 Å². The zero-order valence-electron chi connectivity index (χ0n) is 6.70. The Labute approximate surface area is 65.4 Å². The van der Waals surface area contributed by atoms with Crippen molar-refractivity contribution in [2.45, 2.75) is 25.2 Å². The van der Waals surface area contributed by atoms with Gasteiger partial charge in [-0.2, -0.15) is 0 Å². The summed E-state index contributed by atoms with van der Waals surface area (Å²) in [4.78, 5) is 10.9. The molecule has 0 spiro atoms. The van der Waals surface area contributed by atoms with Crippen LogP contribution in [0.4, 0.5) is 0 Å². The molecule has 1 fully saturated rings. The number of methoxy groups -OCH3 is 2. The van der Waals surface area contributed by atoms with E-state index in [1.807, 2.05) is 0 Å². The van der Waals surface area contributed by atoms with Crippen LogP contribution in [0.1, 0.15) is 12.8 Å². The van der Waals surface area contributed by atoms with E-state index in [2.05, 4.69) is 4.74 Å². The number of carbonyl (C=O) groups excluding carboxylic acids is 1. The molecule has 11 heavy (non-hydrogen) atoms. The highest BCUT2D eigenvalue weighted by Gasteiger charge is 2.31. The zero-order chi connectivity index (χ0) is 8.27. The van der Waals surface area contributed by atoms with Crippen LogP contribution in [0.2, 0.25) is 0 Å². The topological polar surface area (TPSA) is 44.8 Å². The van der Waals surface area contributed by atoms with Gasteiger partial charge in [-0.3, -0.25) is 0 Å². The van der Waals surface area contributed by atoms with Crippen LogP contribution in [-0.2, 0) is 19.0 Å². The third kappa shape index (κ3) is 1.91. The Morgan fingerprint density at radius 2 is 2.18 bits per heavy atom. The Hall–Kier alpha value is -0.610. The molecule has 0 unspecified atom stereocenters. The van der Waals surface area contributed by atoms with E-state index in [9.17, 15) is 4.79 Å². The fourth-order valence-electron chi connectivity index (χ4n) is 1.09. The molecule has 1 heterocycles. The van der Waals surface area contributed by atoms with Crippen LogP contribution >= 0.6 is 0 Å². The lowest BCUT2D eigenvalue weighted by Gasteiger charge is -2.09. The molecular weight excluding hydrogens is 148 g/mol. The van der Waals surface area contributed by atoms with E-state index in [0.717, 1.165) is 6.42 Å². The molecule has 4 heteroatoms. The van der Waals surface area contributed by atoms with Crippen LogP contribution in [0.3, 0.4) is 0 Å². The molecule has 1 aliphatic heterocycles. The summed E-state index contributed by atoms with van der Waals surface area (Å²) < 4.78 is 14.6. The van der Waals surface area contributed by atoms with Crippen molar-refractivity contribution in [1.82, 2.24) is 0 Å². The molecule has 0 aromatic rings.